The molecule has 7 nitrogen and oxygen atoms in total. The van der Waals surface area contributed by atoms with E-state index in [1.165, 1.54) is 0 Å². The van der Waals surface area contributed by atoms with Gasteiger partial charge in [-0.2, -0.15) is 0 Å². The topological polar surface area (TPSA) is 78.3 Å². The Morgan fingerprint density at radius 3 is 3.04 bits per heavy atom. The van der Waals surface area contributed by atoms with Gasteiger partial charge in [0.1, 0.15) is 18.2 Å². The molecule has 3 aromatic rings. The highest BCUT2D eigenvalue weighted by Gasteiger charge is 2.21. The van der Waals surface area contributed by atoms with Gasteiger partial charge in [0.15, 0.2) is 17.1 Å². The third-order valence-electron chi connectivity index (χ3n) is 3.87. The van der Waals surface area contributed by atoms with Crippen molar-refractivity contribution in [3.8, 4) is 11.5 Å². The normalized spacial score (nSPS) is 16.1. The maximum atomic E-state index is 12.3. The molecule has 1 amide bonds. The molecule has 0 spiro atoms. The van der Waals surface area contributed by atoms with E-state index in [9.17, 15) is 4.79 Å². The van der Waals surface area contributed by atoms with Crippen LogP contribution in [0.3, 0.4) is 0 Å². The number of aryl methyl sites for hydroxylation is 1. The molecule has 1 N–H and O–H groups in total. The van der Waals surface area contributed by atoms with E-state index in [1.54, 1.807) is 18.6 Å². The number of carbonyl (C=O) groups is 1. The SMILES string of the molecule is Cn1cnc2cc(C(=O)NCC3COc4ccccc4O3)cnc21. The highest BCUT2D eigenvalue weighted by atomic mass is 16.6. The summed E-state index contributed by atoms with van der Waals surface area (Å²) in [6, 6.07) is 9.22. The second-order valence-corrected chi connectivity index (χ2v) is 5.63. The number of imidazole rings is 1. The second kappa shape index (κ2) is 5.84. The molecule has 3 heterocycles. The fourth-order valence-corrected chi connectivity index (χ4v) is 2.61. The maximum Gasteiger partial charge on any atom is 0.253 e. The molecule has 24 heavy (non-hydrogen) atoms. The third-order valence-corrected chi connectivity index (χ3v) is 3.87. The summed E-state index contributed by atoms with van der Waals surface area (Å²) >= 11 is 0. The van der Waals surface area contributed by atoms with Crippen LogP contribution >= 0.6 is 0 Å². The number of aromatic nitrogens is 3. The monoisotopic (exact) mass is 324 g/mol. The number of nitrogens with zero attached hydrogens (tertiary/aromatic N) is 3. The van der Waals surface area contributed by atoms with Gasteiger partial charge < -0.3 is 19.4 Å². The summed E-state index contributed by atoms with van der Waals surface area (Å²) in [7, 11) is 1.86. The van der Waals surface area contributed by atoms with Crippen molar-refractivity contribution in [2.24, 2.45) is 7.05 Å². The van der Waals surface area contributed by atoms with E-state index in [1.807, 2.05) is 35.9 Å². The van der Waals surface area contributed by atoms with E-state index in [2.05, 4.69) is 15.3 Å². The summed E-state index contributed by atoms with van der Waals surface area (Å²) in [4.78, 5) is 20.8. The lowest BCUT2D eigenvalue weighted by molar-refractivity contribution is 0.0789. The zero-order chi connectivity index (χ0) is 16.5. The van der Waals surface area contributed by atoms with Gasteiger partial charge in [0.25, 0.3) is 5.91 Å². The smallest absolute Gasteiger partial charge is 0.253 e. The first-order chi connectivity index (χ1) is 11.7. The van der Waals surface area contributed by atoms with Crippen LogP contribution in [0, 0.1) is 0 Å². The Morgan fingerprint density at radius 1 is 1.33 bits per heavy atom. The minimum Gasteiger partial charge on any atom is -0.486 e. The third kappa shape index (κ3) is 2.64. The van der Waals surface area contributed by atoms with Crippen LogP contribution in [0.1, 0.15) is 10.4 Å². The summed E-state index contributed by atoms with van der Waals surface area (Å²) < 4.78 is 13.3. The quantitative estimate of drug-likeness (QED) is 0.790. The average molecular weight is 324 g/mol. The van der Waals surface area contributed by atoms with Crippen molar-refractivity contribution in [1.29, 1.82) is 0 Å². The van der Waals surface area contributed by atoms with E-state index >= 15 is 0 Å². The van der Waals surface area contributed by atoms with Crippen LogP contribution in [0.25, 0.3) is 11.2 Å². The molecule has 1 aromatic carbocycles. The number of pyridine rings is 1. The largest absolute Gasteiger partial charge is 0.486 e. The Labute approximate surface area is 138 Å². The predicted molar refractivity (Wildman–Crippen MR) is 87.2 cm³/mol. The van der Waals surface area contributed by atoms with Crippen molar-refractivity contribution in [3.05, 3.63) is 48.4 Å². The number of ether oxygens (including phenoxy) is 2. The molecule has 1 aliphatic heterocycles. The molecule has 0 saturated carbocycles. The van der Waals surface area contributed by atoms with Crippen molar-refractivity contribution >= 4 is 17.1 Å². The number of carbonyl (C=O) groups excluding carboxylic acids is 1. The first kappa shape index (κ1) is 14.5. The van der Waals surface area contributed by atoms with Crippen LogP contribution < -0.4 is 14.8 Å². The fraction of sp³-hybridized carbons (Fsp3) is 0.235. The van der Waals surface area contributed by atoms with E-state index in [4.69, 9.17) is 9.47 Å². The summed E-state index contributed by atoms with van der Waals surface area (Å²) in [6.07, 6.45) is 2.99. The Morgan fingerprint density at radius 2 is 2.17 bits per heavy atom. The molecule has 1 unspecified atom stereocenters. The molecule has 4 rings (SSSR count). The number of hydrogen-bond donors (Lipinski definition) is 1. The van der Waals surface area contributed by atoms with Crippen molar-refractivity contribution in [2.45, 2.75) is 6.10 Å². The number of rotatable bonds is 3. The van der Waals surface area contributed by atoms with Crippen LogP contribution in [0.2, 0.25) is 0 Å². The molecule has 2 aromatic heterocycles. The fourth-order valence-electron chi connectivity index (χ4n) is 2.61. The number of para-hydroxylation sites is 2. The summed E-state index contributed by atoms with van der Waals surface area (Å²) in [5.41, 5.74) is 1.90. The maximum absolute atomic E-state index is 12.3. The van der Waals surface area contributed by atoms with Crippen LogP contribution in [-0.4, -0.2) is 39.7 Å². The Kier molecular flexibility index (Phi) is 3.53. The Hall–Kier alpha value is -3.09. The van der Waals surface area contributed by atoms with Gasteiger partial charge in [-0.15, -0.1) is 0 Å². The second-order valence-electron chi connectivity index (χ2n) is 5.63. The van der Waals surface area contributed by atoms with Crippen molar-refractivity contribution in [2.75, 3.05) is 13.2 Å². The lowest BCUT2D eigenvalue weighted by atomic mass is 10.2. The van der Waals surface area contributed by atoms with Gasteiger partial charge in [-0.1, -0.05) is 12.1 Å². The lowest BCUT2D eigenvalue weighted by Crippen LogP contribution is -2.40. The van der Waals surface area contributed by atoms with Crippen molar-refractivity contribution < 1.29 is 14.3 Å². The molecular weight excluding hydrogens is 308 g/mol. The molecule has 1 atom stereocenters. The van der Waals surface area contributed by atoms with Crippen LogP contribution in [0.15, 0.2) is 42.9 Å². The van der Waals surface area contributed by atoms with Crippen molar-refractivity contribution in [3.63, 3.8) is 0 Å². The zero-order valence-corrected chi connectivity index (χ0v) is 13.1. The van der Waals surface area contributed by atoms with E-state index in [-0.39, 0.29) is 12.0 Å². The van der Waals surface area contributed by atoms with E-state index in [0.717, 1.165) is 11.4 Å². The van der Waals surface area contributed by atoms with Gasteiger partial charge in [-0.05, 0) is 18.2 Å². The summed E-state index contributed by atoms with van der Waals surface area (Å²) in [5, 5.41) is 2.85. The number of amides is 1. The molecule has 0 saturated heterocycles. The first-order valence-electron chi connectivity index (χ1n) is 7.64. The van der Waals surface area contributed by atoms with Crippen LogP contribution in [-0.2, 0) is 7.05 Å². The molecular formula is C17H16N4O3. The van der Waals surface area contributed by atoms with Gasteiger partial charge >= 0.3 is 0 Å². The molecule has 0 radical (unpaired) electrons. The summed E-state index contributed by atoms with van der Waals surface area (Å²) in [5.74, 6) is 1.21. The molecule has 0 bridgehead atoms. The van der Waals surface area contributed by atoms with Crippen LogP contribution in [0.4, 0.5) is 0 Å². The van der Waals surface area contributed by atoms with E-state index < -0.39 is 0 Å². The number of benzene rings is 1. The Balaban J connectivity index is 1.41. The van der Waals surface area contributed by atoms with Gasteiger partial charge in [-0.3, -0.25) is 4.79 Å². The number of nitrogens with one attached hydrogen (secondary N) is 1. The van der Waals surface area contributed by atoms with Gasteiger partial charge in [-0.25, -0.2) is 9.97 Å². The summed E-state index contributed by atoms with van der Waals surface area (Å²) in [6.45, 7) is 0.752. The Bertz CT molecular complexity index is 906. The predicted octanol–water partition coefficient (Wildman–Crippen LogP) is 1.54. The molecule has 1 aliphatic rings. The minimum absolute atomic E-state index is 0.211. The number of fused-ring (bicyclic) bond motifs is 2. The average Bonchev–Trinajstić information content (AvgIpc) is 3.00. The highest BCUT2D eigenvalue weighted by molar-refractivity contribution is 5.96. The van der Waals surface area contributed by atoms with Crippen LogP contribution in [0.5, 0.6) is 11.5 Å². The van der Waals surface area contributed by atoms with Crippen molar-refractivity contribution in [1.82, 2.24) is 19.9 Å². The first-order valence-corrected chi connectivity index (χ1v) is 7.64. The molecule has 7 heteroatoms. The zero-order valence-electron chi connectivity index (χ0n) is 13.1. The molecule has 0 fully saturated rings. The lowest BCUT2D eigenvalue weighted by Gasteiger charge is -2.26. The van der Waals surface area contributed by atoms with Gasteiger partial charge in [0.05, 0.1) is 18.4 Å². The van der Waals surface area contributed by atoms with Gasteiger partial charge in [0, 0.05) is 13.2 Å². The highest BCUT2D eigenvalue weighted by Crippen LogP contribution is 2.30. The van der Waals surface area contributed by atoms with E-state index in [0.29, 0.717) is 30.0 Å². The van der Waals surface area contributed by atoms with Gasteiger partial charge in [0.2, 0.25) is 0 Å². The molecule has 0 aliphatic carbocycles. The molecule has 122 valence electrons. The minimum atomic E-state index is -0.226. The number of hydrogen-bond acceptors (Lipinski definition) is 5. The standard InChI is InChI=1S/C17H16N4O3/c1-21-10-20-13-6-11(7-18-16(13)21)17(22)19-8-12-9-23-14-4-2-3-5-15(14)24-12/h2-7,10,12H,8-9H2,1H3,(H,19,22).